The van der Waals surface area contributed by atoms with Crippen molar-refractivity contribution < 1.29 is 9.72 Å². The van der Waals surface area contributed by atoms with Crippen LogP contribution in [0.2, 0.25) is 0 Å². The second-order valence-electron chi connectivity index (χ2n) is 5.89. The van der Waals surface area contributed by atoms with Crippen molar-refractivity contribution in [3.05, 3.63) is 52.1 Å². The van der Waals surface area contributed by atoms with Crippen molar-refractivity contribution in [1.82, 2.24) is 15.1 Å². The summed E-state index contributed by atoms with van der Waals surface area (Å²) >= 11 is 0. The molecular weight excluding hydrogens is 336 g/mol. The number of carbonyl (C=O) groups excluding carboxylic acids is 1. The first-order chi connectivity index (χ1) is 12.6. The highest BCUT2D eigenvalue weighted by molar-refractivity contribution is 5.94. The first kappa shape index (κ1) is 17.6. The van der Waals surface area contributed by atoms with Crippen LogP contribution in [0.5, 0.6) is 0 Å². The topological polar surface area (TPSA) is 104 Å². The Balaban J connectivity index is 1.59. The van der Waals surface area contributed by atoms with Crippen LogP contribution < -0.4 is 10.2 Å². The van der Waals surface area contributed by atoms with Gasteiger partial charge in [-0.05, 0) is 31.2 Å². The van der Waals surface area contributed by atoms with Crippen LogP contribution in [0, 0.1) is 10.1 Å². The van der Waals surface area contributed by atoms with Gasteiger partial charge in [-0.2, -0.15) is 0 Å². The van der Waals surface area contributed by atoms with Gasteiger partial charge in [-0.15, -0.1) is 10.2 Å². The van der Waals surface area contributed by atoms with Crippen LogP contribution in [-0.2, 0) is 0 Å². The number of benzene rings is 1. The highest BCUT2D eigenvalue weighted by Crippen LogP contribution is 2.17. The Labute approximate surface area is 150 Å². The molecule has 0 atom stereocenters. The highest BCUT2D eigenvalue weighted by Gasteiger charge is 2.23. The summed E-state index contributed by atoms with van der Waals surface area (Å²) in [5.74, 6) is 1.41. The van der Waals surface area contributed by atoms with Gasteiger partial charge in [0.05, 0.1) is 4.92 Å². The van der Waals surface area contributed by atoms with Gasteiger partial charge in [-0.25, -0.2) is 0 Å². The van der Waals surface area contributed by atoms with E-state index in [1.54, 1.807) is 4.90 Å². The number of nitro benzene ring substituents is 1. The van der Waals surface area contributed by atoms with Gasteiger partial charge >= 0.3 is 0 Å². The summed E-state index contributed by atoms with van der Waals surface area (Å²) in [5, 5.41) is 22.2. The number of amides is 1. The lowest BCUT2D eigenvalue weighted by Gasteiger charge is -2.35. The number of carbonyl (C=O) groups is 1. The molecule has 0 radical (unpaired) electrons. The maximum Gasteiger partial charge on any atom is 0.269 e. The molecule has 0 unspecified atom stereocenters. The Kier molecular flexibility index (Phi) is 5.26. The summed E-state index contributed by atoms with van der Waals surface area (Å²) in [6.45, 7) is 5.23. The lowest BCUT2D eigenvalue weighted by molar-refractivity contribution is -0.384. The summed E-state index contributed by atoms with van der Waals surface area (Å²) in [6, 6.07) is 9.50. The normalized spacial score (nSPS) is 14.2. The third-order valence-electron chi connectivity index (χ3n) is 4.22. The molecule has 0 aliphatic carbocycles. The monoisotopic (exact) mass is 356 g/mol. The first-order valence-electron chi connectivity index (χ1n) is 8.44. The second kappa shape index (κ2) is 7.77. The number of aromatic nitrogens is 2. The fourth-order valence-electron chi connectivity index (χ4n) is 2.82. The molecule has 1 aliphatic heterocycles. The molecule has 9 nitrogen and oxygen atoms in total. The minimum atomic E-state index is -0.477. The van der Waals surface area contributed by atoms with E-state index >= 15 is 0 Å². The Morgan fingerprint density at radius 1 is 1.12 bits per heavy atom. The third kappa shape index (κ3) is 3.88. The number of hydrogen-bond acceptors (Lipinski definition) is 7. The van der Waals surface area contributed by atoms with Gasteiger partial charge in [0.15, 0.2) is 5.82 Å². The van der Waals surface area contributed by atoms with Crippen LogP contribution >= 0.6 is 0 Å². The van der Waals surface area contributed by atoms with Crippen molar-refractivity contribution in [2.75, 3.05) is 42.9 Å². The molecule has 1 saturated heterocycles. The summed E-state index contributed by atoms with van der Waals surface area (Å²) in [6.07, 6.45) is 0. The van der Waals surface area contributed by atoms with E-state index in [-0.39, 0.29) is 11.6 Å². The molecule has 26 heavy (non-hydrogen) atoms. The summed E-state index contributed by atoms with van der Waals surface area (Å²) in [4.78, 5) is 26.6. The van der Waals surface area contributed by atoms with Gasteiger partial charge in [0.25, 0.3) is 11.6 Å². The molecule has 1 aromatic heterocycles. The SMILES string of the molecule is CCNc1ccc(N2CCN(C(=O)c3ccc([N+](=O)[O-])cc3)CC2)nn1. The Hall–Kier alpha value is -3.23. The Bertz CT molecular complexity index is 770. The number of anilines is 2. The molecule has 1 aliphatic rings. The van der Waals surface area contributed by atoms with Crippen LogP contribution in [0.3, 0.4) is 0 Å². The smallest absolute Gasteiger partial charge is 0.269 e. The fourth-order valence-corrected chi connectivity index (χ4v) is 2.82. The quantitative estimate of drug-likeness (QED) is 0.643. The molecule has 1 fully saturated rings. The van der Waals surface area contributed by atoms with E-state index in [9.17, 15) is 14.9 Å². The van der Waals surface area contributed by atoms with Gasteiger partial charge in [0, 0.05) is 50.4 Å². The molecule has 0 bridgehead atoms. The van der Waals surface area contributed by atoms with E-state index in [0.717, 1.165) is 18.2 Å². The van der Waals surface area contributed by atoms with E-state index in [4.69, 9.17) is 0 Å². The largest absolute Gasteiger partial charge is 0.369 e. The number of piperazine rings is 1. The van der Waals surface area contributed by atoms with Crippen molar-refractivity contribution in [2.24, 2.45) is 0 Å². The number of nitrogens with one attached hydrogen (secondary N) is 1. The molecule has 2 heterocycles. The van der Waals surface area contributed by atoms with Gasteiger partial charge in [0.2, 0.25) is 0 Å². The fraction of sp³-hybridized carbons (Fsp3) is 0.353. The van der Waals surface area contributed by atoms with Crippen LogP contribution in [0.4, 0.5) is 17.3 Å². The van der Waals surface area contributed by atoms with Gasteiger partial charge in [-0.1, -0.05) is 0 Å². The molecule has 1 amide bonds. The molecule has 3 rings (SSSR count). The lowest BCUT2D eigenvalue weighted by Crippen LogP contribution is -2.49. The van der Waals surface area contributed by atoms with Crippen molar-refractivity contribution >= 4 is 23.2 Å². The van der Waals surface area contributed by atoms with Gasteiger partial charge in [-0.3, -0.25) is 14.9 Å². The maximum absolute atomic E-state index is 12.5. The van der Waals surface area contributed by atoms with Crippen LogP contribution in [0.15, 0.2) is 36.4 Å². The van der Waals surface area contributed by atoms with E-state index in [0.29, 0.717) is 31.7 Å². The van der Waals surface area contributed by atoms with E-state index in [2.05, 4.69) is 20.4 Å². The van der Waals surface area contributed by atoms with Crippen LogP contribution in [0.25, 0.3) is 0 Å². The lowest BCUT2D eigenvalue weighted by atomic mass is 10.1. The number of nitro groups is 1. The van der Waals surface area contributed by atoms with Crippen molar-refractivity contribution in [1.29, 1.82) is 0 Å². The zero-order valence-corrected chi connectivity index (χ0v) is 14.5. The zero-order valence-electron chi connectivity index (χ0n) is 14.5. The van der Waals surface area contributed by atoms with Crippen molar-refractivity contribution in [3.8, 4) is 0 Å². The van der Waals surface area contributed by atoms with Gasteiger partial charge in [0.1, 0.15) is 5.82 Å². The van der Waals surface area contributed by atoms with E-state index < -0.39 is 4.92 Å². The number of nitrogens with zero attached hydrogens (tertiary/aromatic N) is 5. The second-order valence-corrected chi connectivity index (χ2v) is 5.89. The predicted octanol–water partition coefficient (Wildman–Crippen LogP) is 1.78. The molecule has 1 aromatic carbocycles. The molecule has 136 valence electrons. The van der Waals surface area contributed by atoms with Crippen molar-refractivity contribution in [2.45, 2.75) is 6.92 Å². The Morgan fingerprint density at radius 3 is 2.35 bits per heavy atom. The van der Waals surface area contributed by atoms with Gasteiger partial charge < -0.3 is 15.1 Å². The van der Waals surface area contributed by atoms with Crippen LogP contribution in [0.1, 0.15) is 17.3 Å². The summed E-state index contributed by atoms with van der Waals surface area (Å²) < 4.78 is 0. The maximum atomic E-state index is 12.5. The molecule has 0 spiro atoms. The molecular formula is C17H20N6O3. The average molecular weight is 356 g/mol. The number of hydrogen-bond donors (Lipinski definition) is 1. The number of non-ortho nitro benzene ring substituents is 1. The molecule has 0 saturated carbocycles. The molecule has 9 heteroatoms. The van der Waals surface area contributed by atoms with Crippen LogP contribution in [-0.4, -0.2) is 58.7 Å². The average Bonchev–Trinajstić information content (AvgIpc) is 2.68. The minimum absolute atomic E-state index is 0.0223. The third-order valence-corrected chi connectivity index (χ3v) is 4.22. The summed E-state index contributed by atoms with van der Waals surface area (Å²) in [7, 11) is 0. The molecule has 2 aromatic rings. The predicted molar refractivity (Wildman–Crippen MR) is 97.4 cm³/mol. The van der Waals surface area contributed by atoms with Crippen molar-refractivity contribution in [3.63, 3.8) is 0 Å². The number of rotatable bonds is 5. The summed E-state index contributed by atoms with van der Waals surface area (Å²) in [5.41, 5.74) is 0.435. The molecule has 1 N–H and O–H groups in total. The standard InChI is InChI=1S/C17H20N6O3/c1-2-18-15-7-8-16(20-19-15)21-9-11-22(12-10-21)17(24)13-3-5-14(6-4-13)23(25)26/h3-8H,2,9-12H2,1H3,(H,18,19). The van der Waals surface area contributed by atoms with E-state index in [1.807, 2.05) is 19.1 Å². The Morgan fingerprint density at radius 2 is 1.81 bits per heavy atom. The highest BCUT2D eigenvalue weighted by atomic mass is 16.6. The minimum Gasteiger partial charge on any atom is -0.369 e. The first-order valence-corrected chi connectivity index (χ1v) is 8.44. The van der Waals surface area contributed by atoms with E-state index in [1.165, 1.54) is 24.3 Å². The zero-order chi connectivity index (χ0) is 18.5.